The first-order valence-corrected chi connectivity index (χ1v) is 8.62. The lowest BCUT2D eigenvalue weighted by Gasteiger charge is -2.20. The number of hydrogen-bond acceptors (Lipinski definition) is 5. The van der Waals surface area contributed by atoms with Crippen molar-refractivity contribution in [2.45, 2.75) is 0 Å². The zero-order valence-electron chi connectivity index (χ0n) is 14.9. The number of nitrogens with zero attached hydrogens (tertiary/aromatic N) is 4. The van der Waals surface area contributed by atoms with Gasteiger partial charge in [0, 0.05) is 37.8 Å². The Morgan fingerprint density at radius 2 is 1.92 bits per heavy atom. The molecule has 0 amide bonds. The number of benzene rings is 1. The van der Waals surface area contributed by atoms with E-state index in [4.69, 9.17) is 14.5 Å². The number of nitrogens with one attached hydrogen (secondary N) is 1. The average molecular weight is 347 g/mol. The van der Waals surface area contributed by atoms with E-state index in [0.29, 0.717) is 0 Å². The molecule has 0 aliphatic carbocycles. The first kappa shape index (κ1) is 16.4. The fourth-order valence-corrected chi connectivity index (χ4v) is 2.93. The molecular weight excluding hydrogens is 326 g/mol. The van der Waals surface area contributed by atoms with Crippen LogP contribution in [0.15, 0.2) is 65.3 Å². The van der Waals surface area contributed by atoms with Crippen molar-refractivity contribution in [2.24, 2.45) is 0 Å². The van der Waals surface area contributed by atoms with Crippen LogP contribution < -0.4 is 10.2 Å². The van der Waals surface area contributed by atoms with Crippen LogP contribution in [0, 0.1) is 0 Å². The first-order chi connectivity index (χ1) is 12.8. The van der Waals surface area contributed by atoms with Crippen LogP contribution in [0.3, 0.4) is 0 Å². The molecule has 0 saturated carbocycles. The van der Waals surface area contributed by atoms with Crippen LogP contribution in [-0.4, -0.2) is 41.8 Å². The summed E-state index contributed by atoms with van der Waals surface area (Å²) < 4.78 is 7.45. The Kier molecular flexibility index (Phi) is 4.41. The van der Waals surface area contributed by atoms with E-state index in [0.717, 1.165) is 47.3 Å². The predicted octanol–water partition coefficient (Wildman–Crippen LogP) is 3.31. The van der Waals surface area contributed by atoms with E-state index in [1.54, 1.807) is 6.26 Å². The molecule has 0 unspecified atom stereocenters. The number of fused-ring (bicyclic) bond motifs is 1. The minimum Gasteiger partial charge on any atom is -0.463 e. The monoisotopic (exact) mass is 347 g/mol. The molecule has 6 heteroatoms. The summed E-state index contributed by atoms with van der Waals surface area (Å²) in [6.07, 6.45) is 1.66. The molecule has 0 atom stereocenters. The summed E-state index contributed by atoms with van der Waals surface area (Å²) in [6.45, 7) is 1.73. The summed E-state index contributed by atoms with van der Waals surface area (Å²) in [7, 11) is 4.01. The number of furan rings is 1. The van der Waals surface area contributed by atoms with Crippen molar-refractivity contribution in [1.29, 1.82) is 0 Å². The minimum absolute atomic E-state index is 0.748. The Morgan fingerprint density at radius 1 is 1.08 bits per heavy atom. The molecule has 0 saturated heterocycles. The van der Waals surface area contributed by atoms with Crippen LogP contribution in [0.4, 0.5) is 5.82 Å². The highest BCUT2D eigenvalue weighted by Crippen LogP contribution is 2.27. The lowest BCUT2D eigenvalue weighted by atomic mass is 10.2. The summed E-state index contributed by atoms with van der Waals surface area (Å²) in [6, 6.07) is 18.0. The summed E-state index contributed by atoms with van der Waals surface area (Å²) in [5.74, 6) is 1.72. The third kappa shape index (κ3) is 3.07. The summed E-state index contributed by atoms with van der Waals surface area (Å²) in [5, 5.41) is 7.98. The van der Waals surface area contributed by atoms with Gasteiger partial charge in [0.1, 0.15) is 11.5 Å². The van der Waals surface area contributed by atoms with Crippen molar-refractivity contribution in [2.75, 3.05) is 32.1 Å². The molecule has 3 aromatic heterocycles. The van der Waals surface area contributed by atoms with Crippen molar-refractivity contribution in [1.82, 2.24) is 19.9 Å². The Hall–Kier alpha value is -3.12. The van der Waals surface area contributed by atoms with Gasteiger partial charge in [-0.15, -0.1) is 0 Å². The quantitative estimate of drug-likeness (QED) is 0.580. The van der Waals surface area contributed by atoms with Crippen LogP contribution in [-0.2, 0) is 0 Å². The molecule has 6 nitrogen and oxygen atoms in total. The van der Waals surface area contributed by atoms with Gasteiger partial charge in [0.2, 0.25) is 0 Å². The van der Waals surface area contributed by atoms with Crippen LogP contribution in [0.2, 0.25) is 0 Å². The zero-order chi connectivity index (χ0) is 17.9. The third-order valence-corrected chi connectivity index (χ3v) is 4.34. The number of aromatic nitrogens is 3. The highest BCUT2D eigenvalue weighted by atomic mass is 16.3. The maximum Gasteiger partial charge on any atom is 0.158 e. The Bertz CT molecular complexity index is 992. The highest BCUT2D eigenvalue weighted by Gasteiger charge is 2.15. The molecule has 4 rings (SSSR count). The third-order valence-electron chi connectivity index (χ3n) is 4.34. The van der Waals surface area contributed by atoms with Gasteiger partial charge in [-0.05, 0) is 19.2 Å². The maximum atomic E-state index is 5.55. The molecule has 0 fully saturated rings. The van der Waals surface area contributed by atoms with Crippen molar-refractivity contribution in [3.63, 3.8) is 0 Å². The normalized spacial score (nSPS) is 11.2. The Morgan fingerprint density at radius 3 is 2.65 bits per heavy atom. The van der Waals surface area contributed by atoms with Crippen LogP contribution >= 0.6 is 0 Å². The van der Waals surface area contributed by atoms with Gasteiger partial charge in [-0.1, -0.05) is 30.3 Å². The van der Waals surface area contributed by atoms with Crippen molar-refractivity contribution < 1.29 is 4.42 Å². The number of hydrogen-bond donors (Lipinski definition) is 1. The molecule has 26 heavy (non-hydrogen) atoms. The maximum absolute atomic E-state index is 5.55. The summed E-state index contributed by atoms with van der Waals surface area (Å²) in [5.41, 5.74) is 3.57. The summed E-state index contributed by atoms with van der Waals surface area (Å²) >= 11 is 0. The highest BCUT2D eigenvalue weighted by molar-refractivity contribution is 5.69. The van der Waals surface area contributed by atoms with Gasteiger partial charge < -0.3 is 14.6 Å². The van der Waals surface area contributed by atoms with E-state index in [1.807, 2.05) is 54.0 Å². The second kappa shape index (κ2) is 7.01. The standard InChI is InChI=1S/C20H21N5O/c1-21-10-11-24(2)20-14-17(18-9-6-12-26-18)22-19-13-16(23-25(19)20)15-7-4-3-5-8-15/h3-9,12-14,21H,10-11H2,1-2H3. The fourth-order valence-electron chi connectivity index (χ4n) is 2.93. The van der Waals surface area contributed by atoms with Crippen molar-refractivity contribution in [3.8, 4) is 22.7 Å². The molecule has 0 radical (unpaired) electrons. The minimum atomic E-state index is 0.748. The Labute approximate surface area is 152 Å². The first-order valence-electron chi connectivity index (χ1n) is 8.62. The number of likely N-dealkylation sites (N-methyl/N-ethyl adjacent to an activating group) is 2. The number of rotatable bonds is 6. The average Bonchev–Trinajstić information content (AvgIpc) is 3.35. The van der Waals surface area contributed by atoms with Crippen LogP contribution in [0.5, 0.6) is 0 Å². The van der Waals surface area contributed by atoms with Gasteiger partial charge in [-0.25, -0.2) is 4.98 Å². The van der Waals surface area contributed by atoms with E-state index in [1.165, 1.54) is 0 Å². The van der Waals surface area contributed by atoms with Crippen molar-refractivity contribution >= 4 is 11.5 Å². The van der Waals surface area contributed by atoms with E-state index in [2.05, 4.69) is 29.4 Å². The van der Waals surface area contributed by atoms with Crippen molar-refractivity contribution in [3.05, 3.63) is 60.9 Å². The SMILES string of the molecule is CNCCN(C)c1cc(-c2ccco2)nc2cc(-c3ccccc3)nn12. The molecule has 0 aliphatic heterocycles. The van der Waals surface area contributed by atoms with E-state index >= 15 is 0 Å². The molecule has 1 aromatic carbocycles. The zero-order valence-corrected chi connectivity index (χ0v) is 14.9. The van der Waals surface area contributed by atoms with Gasteiger partial charge >= 0.3 is 0 Å². The van der Waals surface area contributed by atoms with Crippen LogP contribution in [0.1, 0.15) is 0 Å². The largest absolute Gasteiger partial charge is 0.463 e. The fraction of sp³-hybridized carbons (Fsp3) is 0.200. The molecule has 1 N–H and O–H groups in total. The molecular formula is C20H21N5O. The van der Waals surface area contributed by atoms with Gasteiger partial charge in [0.15, 0.2) is 11.4 Å². The molecule has 3 heterocycles. The smallest absolute Gasteiger partial charge is 0.158 e. The van der Waals surface area contributed by atoms with E-state index in [-0.39, 0.29) is 0 Å². The summed E-state index contributed by atoms with van der Waals surface area (Å²) in [4.78, 5) is 6.92. The van der Waals surface area contributed by atoms with Gasteiger partial charge in [-0.2, -0.15) is 9.61 Å². The topological polar surface area (TPSA) is 58.6 Å². The van der Waals surface area contributed by atoms with Crippen LogP contribution in [0.25, 0.3) is 28.4 Å². The lowest BCUT2D eigenvalue weighted by Crippen LogP contribution is -2.28. The van der Waals surface area contributed by atoms with Gasteiger partial charge in [0.05, 0.1) is 12.0 Å². The van der Waals surface area contributed by atoms with E-state index in [9.17, 15) is 0 Å². The second-order valence-electron chi connectivity index (χ2n) is 6.17. The molecule has 132 valence electrons. The molecule has 0 bridgehead atoms. The predicted molar refractivity (Wildman–Crippen MR) is 103 cm³/mol. The number of anilines is 1. The molecule has 4 aromatic rings. The van der Waals surface area contributed by atoms with E-state index < -0.39 is 0 Å². The van der Waals surface area contributed by atoms with Gasteiger partial charge in [0.25, 0.3) is 0 Å². The van der Waals surface area contributed by atoms with Gasteiger partial charge in [-0.3, -0.25) is 0 Å². The molecule has 0 spiro atoms. The second-order valence-corrected chi connectivity index (χ2v) is 6.17. The molecule has 0 aliphatic rings. The lowest BCUT2D eigenvalue weighted by molar-refractivity contribution is 0.580. The Balaban J connectivity index is 1.86.